The predicted octanol–water partition coefficient (Wildman–Crippen LogP) is 2.98. The summed E-state index contributed by atoms with van der Waals surface area (Å²) in [6.45, 7) is 8.68. The lowest BCUT2D eigenvalue weighted by Gasteiger charge is -2.26. The Morgan fingerprint density at radius 2 is 1.65 bits per heavy atom. The van der Waals surface area contributed by atoms with Gasteiger partial charge in [0.15, 0.2) is 0 Å². The van der Waals surface area contributed by atoms with Crippen LogP contribution in [-0.2, 0) is 5.41 Å². The zero-order valence-electron chi connectivity index (χ0n) is 12.9. The third-order valence-corrected chi connectivity index (χ3v) is 4.08. The highest BCUT2D eigenvalue weighted by Crippen LogP contribution is 2.36. The zero-order chi connectivity index (χ0) is 14.3. The molecule has 20 heavy (non-hydrogen) atoms. The summed E-state index contributed by atoms with van der Waals surface area (Å²) < 4.78 is 0. The molecule has 0 unspecified atom stereocenters. The molecule has 0 bridgehead atoms. The average molecular weight is 274 g/mol. The fourth-order valence-corrected chi connectivity index (χ4v) is 2.44. The molecule has 2 saturated carbocycles. The molecule has 0 atom stereocenters. The number of nitrogen functional groups attached to an aromatic ring is 1. The van der Waals surface area contributed by atoms with Crippen molar-refractivity contribution in [1.29, 1.82) is 0 Å². The Hall–Kier alpha value is -1.32. The van der Waals surface area contributed by atoms with Gasteiger partial charge in [-0.25, -0.2) is 9.97 Å². The lowest BCUT2D eigenvalue weighted by atomic mass is 9.96. The molecule has 1 heterocycles. The minimum absolute atomic E-state index is 0.0606. The molecule has 0 aromatic carbocycles. The maximum atomic E-state index is 6.01. The van der Waals surface area contributed by atoms with Crippen LogP contribution in [0.1, 0.15) is 52.3 Å². The molecule has 0 radical (unpaired) electrons. The summed E-state index contributed by atoms with van der Waals surface area (Å²) in [4.78, 5) is 11.7. The summed E-state index contributed by atoms with van der Waals surface area (Å²) in [6.07, 6.45) is 5.48. The monoisotopic (exact) mass is 274 g/mol. The number of rotatable bonds is 5. The first-order chi connectivity index (χ1) is 9.41. The van der Waals surface area contributed by atoms with E-state index in [1.165, 1.54) is 25.7 Å². The lowest BCUT2D eigenvalue weighted by molar-refractivity contribution is 0.543. The van der Waals surface area contributed by atoms with Crippen LogP contribution in [0.25, 0.3) is 0 Å². The number of hydrogen-bond donors (Lipinski definition) is 1. The van der Waals surface area contributed by atoms with Crippen LogP contribution >= 0.6 is 0 Å². The summed E-state index contributed by atoms with van der Waals surface area (Å²) in [5, 5.41) is 0. The van der Waals surface area contributed by atoms with E-state index in [-0.39, 0.29) is 5.41 Å². The van der Waals surface area contributed by atoms with Gasteiger partial charge < -0.3 is 10.6 Å². The van der Waals surface area contributed by atoms with Crippen LogP contribution in [0.2, 0.25) is 0 Å². The van der Waals surface area contributed by atoms with E-state index in [2.05, 4.69) is 30.7 Å². The van der Waals surface area contributed by atoms with Gasteiger partial charge in [0.1, 0.15) is 17.5 Å². The van der Waals surface area contributed by atoms with Crippen molar-refractivity contribution in [3.05, 3.63) is 11.9 Å². The summed E-state index contributed by atoms with van der Waals surface area (Å²) in [5.41, 5.74) is 5.95. The Kier molecular flexibility index (Phi) is 3.35. The topological polar surface area (TPSA) is 55.0 Å². The van der Waals surface area contributed by atoms with Crippen molar-refractivity contribution >= 4 is 11.6 Å². The van der Waals surface area contributed by atoms with Gasteiger partial charge in [0, 0.05) is 24.6 Å². The smallest absolute Gasteiger partial charge is 0.138 e. The molecular weight excluding hydrogens is 248 g/mol. The van der Waals surface area contributed by atoms with Gasteiger partial charge in [-0.05, 0) is 37.5 Å². The van der Waals surface area contributed by atoms with Gasteiger partial charge in [-0.2, -0.15) is 0 Å². The average Bonchev–Trinajstić information content (AvgIpc) is 3.21. The molecule has 0 aliphatic heterocycles. The standard InChI is InChI=1S/C16H26N4/c1-16(2,3)15-18-13(17)8-14(19-15)20(9-11-4-5-11)10-12-6-7-12/h8,11-12H,4-7,9-10H2,1-3H3,(H2,17,18,19). The fourth-order valence-electron chi connectivity index (χ4n) is 2.44. The third-order valence-electron chi connectivity index (χ3n) is 4.08. The molecule has 2 fully saturated rings. The van der Waals surface area contributed by atoms with E-state index in [1.807, 2.05) is 6.07 Å². The summed E-state index contributed by atoms with van der Waals surface area (Å²) in [6, 6.07) is 1.94. The SMILES string of the molecule is CC(C)(C)c1nc(N)cc(N(CC2CC2)CC2CC2)n1. The summed E-state index contributed by atoms with van der Waals surface area (Å²) in [5.74, 6) is 4.20. The number of aromatic nitrogens is 2. The van der Waals surface area contributed by atoms with Crippen LogP contribution in [0, 0.1) is 11.8 Å². The normalized spacial score (nSPS) is 19.1. The van der Waals surface area contributed by atoms with Gasteiger partial charge in [0.25, 0.3) is 0 Å². The second-order valence-corrected chi connectivity index (χ2v) is 7.52. The van der Waals surface area contributed by atoms with Gasteiger partial charge in [-0.15, -0.1) is 0 Å². The van der Waals surface area contributed by atoms with E-state index in [4.69, 9.17) is 10.7 Å². The van der Waals surface area contributed by atoms with Crippen molar-refractivity contribution in [2.45, 2.75) is 51.9 Å². The Labute approximate surface area is 121 Å². The quantitative estimate of drug-likeness (QED) is 0.897. The summed E-state index contributed by atoms with van der Waals surface area (Å²) >= 11 is 0. The molecule has 110 valence electrons. The molecule has 0 amide bonds. The minimum Gasteiger partial charge on any atom is -0.384 e. The molecule has 4 heteroatoms. The van der Waals surface area contributed by atoms with Gasteiger partial charge in [0.2, 0.25) is 0 Å². The highest BCUT2D eigenvalue weighted by Gasteiger charge is 2.30. The van der Waals surface area contributed by atoms with Crippen LogP contribution in [-0.4, -0.2) is 23.1 Å². The molecule has 0 saturated heterocycles. The van der Waals surface area contributed by atoms with Crippen molar-refractivity contribution in [2.75, 3.05) is 23.7 Å². The van der Waals surface area contributed by atoms with Crippen LogP contribution in [0.4, 0.5) is 11.6 Å². The van der Waals surface area contributed by atoms with Crippen LogP contribution in [0.3, 0.4) is 0 Å². The van der Waals surface area contributed by atoms with E-state index in [0.717, 1.165) is 36.6 Å². The van der Waals surface area contributed by atoms with Crippen LogP contribution in [0.15, 0.2) is 6.07 Å². The highest BCUT2D eigenvalue weighted by molar-refractivity contribution is 5.48. The fraction of sp³-hybridized carbons (Fsp3) is 0.750. The molecule has 1 aromatic rings. The number of nitrogens with two attached hydrogens (primary N) is 1. The van der Waals surface area contributed by atoms with E-state index >= 15 is 0 Å². The summed E-state index contributed by atoms with van der Waals surface area (Å²) in [7, 11) is 0. The maximum absolute atomic E-state index is 6.01. The van der Waals surface area contributed by atoms with Crippen LogP contribution in [0.5, 0.6) is 0 Å². The first kappa shape index (κ1) is 13.7. The van der Waals surface area contributed by atoms with E-state index in [0.29, 0.717) is 5.82 Å². The molecule has 1 aromatic heterocycles. The van der Waals surface area contributed by atoms with Crippen molar-refractivity contribution in [3.8, 4) is 0 Å². The second kappa shape index (κ2) is 4.90. The van der Waals surface area contributed by atoms with Gasteiger partial charge in [0.05, 0.1) is 0 Å². The lowest BCUT2D eigenvalue weighted by Crippen LogP contribution is -2.30. The molecule has 2 aliphatic rings. The van der Waals surface area contributed by atoms with E-state index < -0.39 is 0 Å². The van der Waals surface area contributed by atoms with E-state index in [9.17, 15) is 0 Å². The Morgan fingerprint density at radius 1 is 1.10 bits per heavy atom. The zero-order valence-corrected chi connectivity index (χ0v) is 12.9. The first-order valence-electron chi connectivity index (χ1n) is 7.82. The van der Waals surface area contributed by atoms with Gasteiger partial charge >= 0.3 is 0 Å². The highest BCUT2D eigenvalue weighted by atomic mass is 15.2. The molecular formula is C16H26N4. The Morgan fingerprint density at radius 3 is 2.10 bits per heavy atom. The van der Waals surface area contributed by atoms with Crippen molar-refractivity contribution in [3.63, 3.8) is 0 Å². The van der Waals surface area contributed by atoms with Crippen LogP contribution < -0.4 is 10.6 Å². The molecule has 0 spiro atoms. The van der Waals surface area contributed by atoms with Crippen molar-refractivity contribution < 1.29 is 0 Å². The molecule has 2 aliphatic carbocycles. The van der Waals surface area contributed by atoms with Crippen molar-refractivity contribution in [1.82, 2.24) is 9.97 Å². The number of hydrogen-bond acceptors (Lipinski definition) is 4. The number of anilines is 2. The van der Waals surface area contributed by atoms with Gasteiger partial charge in [-0.3, -0.25) is 0 Å². The van der Waals surface area contributed by atoms with Crippen molar-refractivity contribution in [2.24, 2.45) is 11.8 Å². The Bertz CT molecular complexity index is 470. The predicted molar refractivity (Wildman–Crippen MR) is 82.8 cm³/mol. The Balaban J connectivity index is 1.85. The minimum atomic E-state index is -0.0606. The first-order valence-corrected chi connectivity index (χ1v) is 7.82. The molecule has 2 N–H and O–H groups in total. The largest absolute Gasteiger partial charge is 0.384 e. The van der Waals surface area contributed by atoms with Gasteiger partial charge in [-0.1, -0.05) is 20.8 Å². The third kappa shape index (κ3) is 3.41. The van der Waals surface area contributed by atoms with E-state index in [1.54, 1.807) is 0 Å². The maximum Gasteiger partial charge on any atom is 0.138 e. The second-order valence-electron chi connectivity index (χ2n) is 7.52. The number of nitrogens with zero attached hydrogens (tertiary/aromatic N) is 3. The molecule has 3 rings (SSSR count). The molecule has 4 nitrogen and oxygen atoms in total.